The minimum Gasteiger partial charge on any atom is -0.446 e. The normalized spacial score (nSPS) is 23.3. The highest BCUT2D eigenvalue weighted by Crippen LogP contribution is 2.39. The smallest absolute Gasteiger partial charge is 0.416 e. The number of aliphatic hydroxyl groups is 2. The first-order valence-electron chi connectivity index (χ1n) is 16.8. The van der Waals surface area contributed by atoms with Crippen LogP contribution in [0.25, 0.3) is 11.1 Å². The minimum atomic E-state index is -5.01. The number of anilines is 1. The largest absolute Gasteiger partial charge is 0.446 e. The number of alkyl halides is 6. The number of carbonyl (C=O) groups excluding carboxylic acids is 1. The Morgan fingerprint density at radius 3 is 1.92 bits per heavy atom. The van der Waals surface area contributed by atoms with E-state index in [1.54, 1.807) is 33.9 Å². The van der Waals surface area contributed by atoms with Gasteiger partial charge in [-0.3, -0.25) is 4.68 Å². The monoisotopic (exact) mass is 712 g/mol. The fraction of sp³-hybridized carbons (Fsp3) is 0.588. The lowest BCUT2D eigenvalue weighted by molar-refractivity contribution is -0.143. The number of carbonyl (C=O) groups is 1. The first-order chi connectivity index (χ1) is 23.6. The highest BCUT2D eigenvalue weighted by molar-refractivity contribution is 5.69. The van der Waals surface area contributed by atoms with Crippen molar-refractivity contribution < 1.29 is 46.1 Å². The van der Waals surface area contributed by atoms with Gasteiger partial charge in [0.1, 0.15) is 6.10 Å². The summed E-state index contributed by atoms with van der Waals surface area (Å²) in [5.74, 6) is -0.152. The molecule has 10 nitrogen and oxygen atoms in total. The summed E-state index contributed by atoms with van der Waals surface area (Å²) in [7, 11) is 1.74. The Labute approximate surface area is 286 Å². The molecule has 0 spiro atoms. The van der Waals surface area contributed by atoms with Crippen LogP contribution in [0.1, 0.15) is 81.9 Å². The number of ether oxygens (including phenoxy) is 1. The summed E-state index contributed by atoms with van der Waals surface area (Å²) in [5.41, 5.74) is -1.68. The van der Waals surface area contributed by atoms with E-state index in [9.17, 15) is 41.4 Å². The van der Waals surface area contributed by atoms with Crippen molar-refractivity contribution in [3.8, 4) is 11.1 Å². The van der Waals surface area contributed by atoms with E-state index in [1.165, 1.54) is 12.4 Å². The number of aliphatic hydroxyl groups excluding tert-OH is 1. The molecule has 2 unspecified atom stereocenters. The number of aromatic nitrogens is 4. The number of rotatable bonds is 9. The van der Waals surface area contributed by atoms with Crippen LogP contribution in [0.15, 0.2) is 43.0 Å². The maximum absolute atomic E-state index is 13.8. The predicted molar refractivity (Wildman–Crippen MR) is 170 cm³/mol. The molecule has 5 rings (SSSR count). The molecule has 2 atom stereocenters. The Bertz CT molecular complexity index is 1540. The van der Waals surface area contributed by atoms with Crippen LogP contribution in [0.2, 0.25) is 0 Å². The van der Waals surface area contributed by atoms with Crippen molar-refractivity contribution in [2.75, 3.05) is 4.90 Å². The molecule has 1 aliphatic heterocycles. The molecule has 16 heteroatoms. The zero-order valence-corrected chi connectivity index (χ0v) is 28.0. The first-order valence-corrected chi connectivity index (χ1v) is 16.8. The molecule has 1 amide bonds. The van der Waals surface area contributed by atoms with E-state index in [2.05, 4.69) is 15.1 Å². The molecular formula is C34H42F6N6O4. The number of aryl methyl sites for hydroxylation is 1. The molecule has 2 N–H and O–H groups in total. The van der Waals surface area contributed by atoms with E-state index < -0.39 is 41.9 Å². The summed E-state index contributed by atoms with van der Waals surface area (Å²) in [6, 6.07) is 0.381. The number of hydrogen-bond acceptors (Lipinski definition) is 8. The number of likely N-dealkylation sites (tertiary alicyclic amines) is 1. The van der Waals surface area contributed by atoms with E-state index in [4.69, 9.17) is 4.74 Å². The third-order valence-corrected chi connectivity index (χ3v) is 9.81. The van der Waals surface area contributed by atoms with E-state index in [0.717, 1.165) is 17.7 Å². The van der Waals surface area contributed by atoms with Crippen LogP contribution in [0.3, 0.4) is 0 Å². The molecule has 0 bridgehead atoms. The topological polar surface area (TPSA) is 117 Å². The molecule has 3 heterocycles. The van der Waals surface area contributed by atoms with Gasteiger partial charge in [0.15, 0.2) is 6.29 Å². The van der Waals surface area contributed by atoms with Crippen molar-refractivity contribution >= 4 is 12.0 Å². The molecule has 2 aliphatic rings. The highest BCUT2D eigenvalue weighted by Gasteiger charge is 2.42. The standard InChI is InChI=1S/C34H42F6N6O4/c1-4-26-13-28(14-27(5-2)46(26)32(49)50-29-8-6-21(7-9-29)30(47)48)45(31-41-15-22(16-42-31)23-17-43-44(3)19-23)18-20-10-24(33(35,36)37)12-25(11-20)34(38,39)40/h10-12,15-17,19,21,26-30,47-48H,4-9,13-14,18H2,1-3H3. The second-order valence-electron chi connectivity index (χ2n) is 13.2. The summed E-state index contributed by atoms with van der Waals surface area (Å²) in [5, 5.41) is 23.2. The van der Waals surface area contributed by atoms with Gasteiger partial charge in [-0.2, -0.15) is 31.4 Å². The maximum Gasteiger partial charge on any atom is 0.416 e. The average Bonchev–Trinajstić information content (AvgIpc) is 3.52. The quantitative estimate of drug-likeness (QED) is 0.181. The number of amides is 1. The summed E-state index contributed by atoms with van der Waals surface area (Å²) < 4.78 is 90.4. The second-order valence-corrected chi connectivity index (χ2v) is 13.2. The Hall–Kier alpha value is -3.92. The van der Waals surface area contributed by atoms with Crippen LogP contribution in [-0.2, 0) is 30.7 Å². The summed E-state index contributed by atoms with van der Waals surface area (Å²) >= 11 is 0. The van der Waals surface area contributed by atoms with Crippen LogP contribution in [-0.4, -0.2) is 71.5 Å². The highest BCUT2D eigenvalue weighted by atomic mass is 19.4. The number of benzene rings is 1. The lowest BCUT2D eigenvalue weighted by Gasteiger charge is -2.47. The molecule has 3 aromatic rings. The number of hydrogen-bond donors (Lipinski definition) is 2. The van der Waals surface area contributed by atoms with Crippen molar-refractivity contribution in [1.82, 2.24) is 24.6 Å². The molecule has 274 valence electrons. The van der Waals surface area contributed by atoms with Crippen molar-refractivity contribution in [2.24, 2.45) is 13.0 Å². The van der Waals surface area contributed by atoms with Gasteiger partial charge in [-0.25, -0.2) is 14.8 Å². The molecule has 2 fully saturated rings. The number of piperidine rings is 1. The lowest BCUT2D eigenvalue weighted by atomic mass is 9.86. The molecule has 0 radical (unpaired) electrons. The molecule has 2 aromatic heterocycles. The van der Waals surface area contributed by atoms with Gasteiger partial charge in [0.2, 0.25) is 5.95 Å². The number of nitrogens with zero attached hydrogens (tertiary/aromatic N) is 6. The Morgan fingerprint density at radius 2 is 1.46 bits per heavy atom. The van der Waals surface area contributed by atoms with Gasteiger partial charge >= 0.3 is 18.4 Å². The maximum atomic E-state index is 13.8. The van der Waals surface area contributed by atoms with Crippen molar-refractivity contribution in [2.45, 2.75) is 115 Å². The fourth-order valence-electron chi connectivity index (χ4n) is 7.10. The van der Waals surface area contributed by atoms with Gasteiger partial charge < -0.3 is 24.7 Å². The minimum absolute atomic E-state index is 0.107. The van der Waals surface area contributed by atoms with Gasteiger partial charge in [0.05, 0.1) is 17.3 Å². The molecule has 1 saturated heterocycles. The fourth-order valence-corrected chi connectivity index (χ4v) is 7.10. The van der Waals surface area contributed by atoms with Crippen LogP contribution in [0, 0.1) is 5.92 Å². The van der Waals surface area contributed by atoms with Crippen LogP contribution >= 0.6 is 0 Å². The SMILES string of the molecule is CCC1CC(N(Cc2cc(C(F)(F)F)cc(C(F)(F)F)c2)c2ncc(-c3cnn(C)c3)cn2)CC(CC)N1C(=O)OC1CCC(C(O)O)CC1. The van der Waals surface area contributed by atoms with Crippen LogP contribution < -0.4 is 4.90 Å². The van der Waals surface area contributed by atoms with Gasteiger partial charge in [-0.1, -0.05) is 13.8 Å². The molecular weight excluding hydrogens is 670 g/mol. The third-order valence-electron chi connectivity index (χ3n) is 9.81. The Balaban J connectivity index is 1.45. The Kier molecular flexibility index (Phi) is 11.3. The molecule has 1 aliphatic carbocycles. The molecule has 1 saturated carbocycles. The lowest BCUT2D eigenvalue weighted by Crippen LogP contribution is -2.57. The van der Waals surface area contributed by atoms with Gasteiger partial charge in [-0.15, -0.1) is 0 Å². The van der Waals surface area contributed by atoms with Gasteiger partial charge in [-0.05, 0) is 75.1 Å². The van der Waals surface area contributed by atoms with E-state index in [0.29, 0.717) is 56.9 Å². The summed E-state index contributed by atoms with van der Waals surface area (Å²) in [6.45, 7) is 3.46. The van der Waals surface area contributed by atoms with Gasteiger partial charge in [0, 0.05) is 67.4 Å². The average molecular weight is 713 g/mol. The van der Waals surface area contributed by atoms with Gasteiger partial charge in [0.25, 0.3) is 0 Å². The summed E-state index contributed by atoms with van der Waals surface area (Å²) in [6.07, 6.45) is -2.16. The van der Waals surface area contributed by atoms with Crippen LogP contribution in [0.5, 0.6) is 0 Å². The Morgan fingerprint density at radius 1 is 0.900 bits per heavy atom. The summed E-state index contributed by atoms with van der Waals surface area (Å²) in [4.78, 5) is 26.0. The third kappa shape index (κ3) is 8.68. The van der Waals surface area contributed by atoms with Crippen molar-refractivity contribution in [3.05, 3.63) is 59.7 Å². The molecule has 1 aromatic carbocycles. The number of halogens is 6. The van der Waals surface area contributed by atoms with Crippen LogP contribution in [0.4, 0.5) is 37.1 Å². The van der Waals surface area contributed by atoms with E-state index >= 15 is 0 Å². The zero-order valence-electron chi connectivity index (χ0n) is 28.0. The van der Waals surface area contributed by atoms with Crippen molar-refractivity contribution in [3.63, 3.8) is 0 Å². The molecule has 50 heavy (non-hydrogen) atoms. The van der Waals surface area contributed by atoms with E-state index in [1.807, 2.05) is 13.8 Å². The second kappa shape index (κ2) is 15.1. The predicted octanol–water partition coefficient (Wildman–Crippen LogP) is 6.95. The first kappa shape index (κ1) is 37.3. The van der Waals surface area contributed by atoms with Crippen molar-refractivity contribution in [1.29, 1.82) is 0 Å². The van der Waals surface area contributed by atoms with E-state index in [-0.39, 0.29) is 48.2 Å². The zero-order chi connectivity index (χ0) is 36.4.